The zero-order chi connectivity index (χ0) is 11.1. The Kier molecular flexibility index (Phi) is 5.74. The van der Waals surface area contributed by atoms with E-state index in [1.807, 2.05) is 0 Å². The van der Waals surface area contributed by atoms with Gasteiger partial charge >= 0.3 is 5.97 Å². The Labute approximate surface area is 93.4 Å². The van der Waals surface area contributed by atoms with E-state index in [1.54, 1.807) is 0 Å². The number of unbranched alkanes of at least 4 members (excludes halogenated alkanes) is 2. The molecule has 0 aromatic carbocycles. The van der Waals surface area contributed by atoms with Crippen LogP contribution in [0.4, 0.5) is 0 Å². The molecule has 0 amide bonds. The Bertz CT molecular complexity index is 181. The number of rotatable bonds is 5. The van der Waals surface area contributed by atoms with Gasteiger partial charge in [0.15, 0.2) is 0 Å². The van der Waals surface area contributed by atoms with Crippen LogP contribution in [0.25, 0.3) is 0 Å². The van der Waals surface area contributed by atoms with Crippen LogP contribution in [0.5, 0.6) is 0 Å². The van der Waals surface area contributed by atoms with E-state index in [-0.39, 0.29) is 12.1 Å². The number of carbonyl (C=O) groups is 1. The van der Waals surface area contributed by atoms with Crippen molar-refractivity contribution in [2.75, 3.05) is 0 Å². The fourth-order valence-corrected chi connectivity index (χ4v) is 2.11. The van der Waals surface area contributed by atoms with Crippen LogP contribution in [0.15, 0.2) is 0 Å². The van der Waals surface area contributed by atoms with Gasteiger partial charge in [-0.25, -0.2) is 0 Å². The molecule has 0 bridgehead atoms. The summed E-state index contributed by atoms with van der Waals surface area (Å²) in [7, 11) is 0. The molecule has 1 rings (SSSR count). The molecule has 0 aromatic heterocycles. The van der Waals surface area contributed by atoms with Crippen LogP contribution in [0, 0.1) is 5.92 Å². The molecule has 0 saturated heterocycles. The summed E-state index contributed by atoms with van der Waals surface area (Å²) in [6, 6.07) is 0. The van der Waals surface area contributed by atoms with Gasteiger partial charge in [-0.1, -0.05) is 26.7 Å². The number of hydrogen-bond donors (Lipinski definition) is 0. The van der Waals surface area contributed by atoms with Crippen LogP contribution in [-0.2, 0) is 9.53 Å². The summed E-state index contributed by atoms with van der Waals surface area (Å²) < 4.78 is 5.45. The van der Waals surface area contributed by atoms with Crippen LogP contribution in [-0.4, -0.2) is 12.1 Å². The highest BCUT2D eigenvalue weighted by Crippen LogP contribution is 2.25. The van der Waals surface area contributed by atoms with Crippen molar-refractivity contribution in [3.05, 3.63) is 0 Å². The zero-order valence-electron chi connectivity index (χ0n) is 10.1. The molecule has 1 aliphatic carbocycles. The first-order chi connectivity index (χ1) is 7.22. The lowest BCUT2D eigenvalue weighted by Gasteiger charge is -2.25. The summed E-state index contributed by atoms with van der Waals surface area (Å²) in [5, 5.41) is 0. The molecule has 15 heavy (non-hydrogen) atoms. The quantitative estimate of drug-likeness (QED) is 0.513. The van der Waals surface area contributed by atoms with Gasteiger partial charge in [0.2, 0.25) is 0 Å². The topological polar surface area (TPSA) is 26.3 Å². The molecule has 0 aliphatic heterocycles. The molecule has 1 fully saturated rings. The molecule has 0 unspecified atom stereocenters. The molecular formula is C13H24O2. The van der Waals surface area contributed by atoms with Crippen molar-refractivity contribution in [1.82, 2.24) is 0 Å². The molecule has 1 saturated carbocycles. The average Bonchev–Trinajstić information content (AvgIpc) is 2.22. The Morgan fingerprint density at radius 1 is 1.20 bits per heavy atom. The third-order valence-corrected chi connectivity index (χ3v) is 3.25. The number of hydrogen-bond acceptors (Lipinski definition) is 2. The monoisotopic (exact) mass is 212 g/mol. The third-order valence-electron chi connectivity index (χ3n) is 3.25. The SMILES string of the molecule is CCCCCC(=O)OC1CCC(C)CC1. The van der Waals surface area contributed by atoms with Crippen molar-refractivity contribution in [2.45, 2.75) is 71.3 Å². The van der Waals surface area contributed by atoms with Gasteiger partial charge in [-0.3, -0.25) is 4.79 Å². The highest BCUT2D eigenvalue weighted by Gasteiger charge is 2.20. The summed E-state index contributed by atoms with van der Waals surface area (Å²) in [6.07, 6.45) is 8.68. The van der Waals surface area contributed by atoms with E-state index in [1.165, 1.54) is 12.8 Å². The van der Waals surface area contributed by atoms with Gasteiger partial charge in [0.1, 0.15) is 6.10 Å². The molecule has 0 radical (unpaired) electrons. The predicted molar refractivity (Wildman–Crippen MR) is 61.7 cm³/mol. The minimum Gasteiger partial charge on any atom is -0.462 e. The fraction of sp³-hybridized carbons (Fsp3) is 0.923. The second-order valence-corrected chi connectivity index (χ2v) is 4.83. The standard InChI is InChI=1S/C13H24O2/c1-3-4-5-6-13(14)15-12-9-7-11(2)8-10-12/h11-12H,3-10H2,1-2H3. The van der Waals surface area contributed by atoms with Gasteiger partial charge in [0, 0.05) is 6.42 Å². The molecule has 0 heterocycles. The largest absolute Gasteiger partial charge is 0.462 e. The van der Waals surface area contributed by atoms with Crippen molar-refractivity contribution in [3.63, 3.8) is 0 Å². The predicted octanol–water partition coefficient (Wildman–Crippen LogP) is 3.69. The molecule has 1 aliphatic rings. The fourth-order valence-electron chi connectivity index (χ4n) is 2.11. The zero-order valence-corrected chi connectivity index (χ0v) is 10.1. The summed E-state index contributed by atoms with van der Waals surface area (Å²) in [5.41, 5.74) is 0. The molecule has 2 heteroatoms. The summed E-state index contributed by atoms with van der Waals surface area (Å²) >= 11 is 0. The van der Waals surface area contributed by atoms with Crippen molar-refractivity contribution >= 4 is 5.97 Å². The second-order valence-electron chi connectivity index (χ2n) is 4.83. The maximum Gasteiger partial charge on any atom is 0.306 e. The van der Waals surface area contributed by atoms with Crippen molar-refractivity contribution in [2.24, 2.45) is 5.92 Å². The van der Waals surface area contributed by atoms with E-state index < -0.39 is 0 Å². The van der Waals surface area contributed by atoms with Gasteiger partial charge in [0.25, 0.3) is 0 Å². The molecule has 88 valence electrons. The Morgan fingerprint density at radius 2 is 1.87 bits per heavy atom. The lowest BCUT2D eigenvalue weighted by molar-refractivity contribution is -0.151. The lowest BCUT2D eigenvalue weighted by atomic mass is 9.89. The first kappa shape index (κ1) is 12.5. The van der Waals surface area contributed by atoms with Crippen LogP contribution in [0.1, 0.15) is 65.2 Å². The van der Waals surface area contributed by atoms with Gasteiger partial charge in [-0.15, -0.1) is 0 Å². The minimum atomic E-state index is 0.0167. The lowest BCUT2D eigenvalue weighted by Crippen LogP contribution is -2.23. The number of ether oxygens (including phenoxy) is 1. The van der Waals surface area contributed by atoms with E-state index in [0.29, 0.717) is 6.42 Å². The highest BCUT2D eigenvalue weighted by atomic mass is 16.5. The van der Waals surface area contributed by atoms with E-state index >= 15 is 0 Å². The Hall–Kier alpha value is -0.530. The molecule has 0 N–H and O–H groups in total. The molecule has 0 aromatic rings. The van der Waals surface area contributed by atoms with Gasteiger partial charge in [0.05, 0.1) is 0 Å². The second kappa shape index (κ2) is 6.86. The van der Waals surface area contributed by atoms with Gasteiger partial charge in [-0.05, 0) is 38.0 Å². The van der Waals surface area contributed by atoms with Gasteiger partial charge < -0.3 is 4.74 Å². The first-order valence-electron chi connectivity index (χ1n) is 6.41. The van der Waals surface area contributed by atoms with Gasteiger partial charge in [-0.2, -0.15) is 0 Å². The Morgan fingerprint density at radius 3 is 2.47 bits per heavy atom. The van der Waals surface area contributed by atoms with E-state index in [9.17, 15) is 4.79 Å². The highest BCUT2D eigenvalue weighted by molar-refractivity contribution is 5.69. The third kappa shape index (κ3) is 5.19. The van der Waals surface area contributed by atoms with Crippen LogP contribution >= 0.6 is 0 Å². The molecule has 0 atom stereocenters. The van der Waals surface area contributed by atoms with Crippen LogP contribution < -0.4 is 0 Å². The van der Waals surface area contributed by atoms with E-state index in [4.69, 9.17) is 4.74 Å². The molecular weight excluding hydrogens is 188 g/mol. The smallest absolute Gasteiger partial charge is 0.306 e. The van der Waals surface area contributed by atoms with Crippen molar-refractivity contribution in [3.8, 4) is 0 Å². The van der Waals surface area contributed by atoms with Crippen molar-refractivity contribution < 1.29 is 9.53 Å². The number of carbonyl (C=O) groups excluding carboxylic acids is 1. The first-order valence-corrected chi connectivity index (χ1v) is 6.41. The van der Waals surface area contributed by atoms with E-state index in [2.05, 4.69) is 13.8 Å². The normalized spacial score (nSPS) is 26.3. The summed E-state index contributed by atoms with van der Waals surface area (Å²) in [5.74, 6) is 0.836. The van der Waals surface area contributed by atoms with Crippen LogP contribution in [0.3, 0.4) is 0 Å². The van der Waals surface area contributed by atoms with Crippen LogP contribution in [0.2, 0.25) is 0 Å². The molecule has 0 spiro atoms. The van der Waals surface area contributed by atoms with Crippen molar-refractivity contribution in [1.29, 1.82) is 0 Å². The summed E-state index contributed by atoms with van der Waals surface area (Å²) in [4.78, 5) is 11.4. The van der Waals surface area contributed by atoms with E-state index in [0.717, 1.165) is 38.0 Å². The molecule has 2 nitrogen and oxygen atoms in total. The Balaban J connectivity index is 2.09. The summed E-state index contributed by atoms with van der Waals surface area (Å²) in [6.45, 7) is 4.42. The maximum absolute atomic E-state index is 11.4. The maximum atomic E-state index is 11.4. The average molecular weight is 212 g/mol. The minimum absolute atomic E-state index is 0.0167. The number of esters is 1.